The van der Waals surface area contributed by atoms with E-state index in [1.54, 1.807) is 26.8 Å². The minimum absolute atomic E-state index is 0.245. The molecule has 6 nitrogen and oxygen atoms in total. The van der Waals surface area contributed by atoms with E-state index < -0.39 is 17.6 Å². The van der Waals surface area contributed by atoms with E-state index in [4.69, 9.17) is 0 Å². The SMILES string of the molecule is Cc1nn(-c2cccc(C(F)(F)F)c2)c2sc(C(=O)NNC(=O)C(C)C)cc12. The van der Waals surface area contributed by atoms with Gasteiger partial charge in [0.05, 0.1) is 21.8 Å². The van der Waals surface area contributed by atoms with Crippen molar-refractivity contribution in [2.45, 2.75) is 26.9 Å². The second-order valence-electron chi connectivity index (χ2n) is 6.47. The Morgan fingerprint density at radius 3 is 2.54 bits per heavy atom. The Balaban J connectivity index is 1.94. The van der Waals surface area contributed by atoms with E-state index >= 15 is 0 Å². The summed E-state index contributed by atoms with van der Waals surface area (Å²) in [6, 6.07) is 6.42. The van der Waals surface area contributed by atoms with Gasteiger partial charge in [-0.2, -0.15) is 18.3 Å². The van der Waals surface area contributed by atoms with Crippen molar-refractivity contribution in [1.29, 1.82) is 0 Å². The standard InChI is InChI=1S/C18H17F3N4O2S/c1-9(2)15(26)22-23-16(27)14-8-13-10(3)24-25(17(13)28-14)12-6-4-5-11(7-12)18(19,20)21/h4-9H,1-3H3,(H,22,26)(H,23,27). The zero-order chi connectivity index (χ0) is 20.6. The van der Waals surface area contributed by atoms with Gasteiger partial charge >= 0.3 is 6.18 Å². The van der Waals surface area contributed by atoms with Crippen LogP contribution in [0, 0.1) is 12.8 Å². The molecule has 28 heavy (non-hydrogen) atoms. The van der Waals surface area contributed by atoms with E-state index in [1.807, 2.05) is 0 Å². The van der Waals surface area contributed by atoms with Gasteiger partial charge in [0.2, 0.25) is 5.91 Å². The summed E-state index contributed by atoms with van der Waals surface area (Å²) in [5.41, 5.74) is 4.70. The Hall–Kier alpha value is -2.88. The molecule has 10 heteroatoms. The molecule has 0 aliphatic carbocycles. The molecule has 0 atom stereocenters. The summed E-state index contributed by atoms with van der Waals surface area (Å²) in [5.74, 6) is -1.13. The Kier molecular flexibility index (Phi) is 5.16. The number of amides is 2. The number of hydrogen-bond acceptors (Lipinski definition) is 4. The molecule has 0 radical (unpaired) electrons. The van der Waals surface area contributed by atoms with Gasteiger partial charge in [-0.15, -0.1) is 11.3 Å². The Morgan fingerprint density at radius 1 is 1.18 bits per heavy atom. The predicted octanol–water partition coefficient (Wildman–Crippen LogP) is 3.83. The van der Waals surface area contributed by atoms with E-state index in [0.717, 1.165) is 23.5 Å². The van der Waals surface area contributed by atoms with Crippen molar-refractivity contribution in [1.82, 2.24) is 20.6 Å². The maximum absolute atomic E-state index is 13.0. The highest BCUT2D eigenvalue weighted by atomic mass is 32.1. The number of carbonyl (C=O) groups excluding carboxylic acids is 2. The Labute approximate surface area is 162 Å². The molecule has 0 fully saturated rings. The van der Waals surface area contributed by atoms with Gasteiger partial charge in [0.15, 0.2) is 0 Å². The van der Waals surface area contributed by atoms with Gasteiger partial charge < -0.3 is 0 Å². The zero-order valence-electron chi connectivity index (χ0n) is 15.2. The number of nitrogens with one attached hydrogen (secondary N) is 2. The van der Waals surface area contributed by atoms with Gasteiger partial charge in [0.25, 0.3) is 5.91 Å². The zero-order valence-corrected chi connectivity index (χ0v) is 16.0. The molecule has 0 saturated carbocycles. The van der Waals surface area contributed by atoms with E-state index in [2.05, 4.69) is 16.0 Å². The van der Waals surface area contributed by atoms with Crippen LogP contribution in [0.15, 0.2) is 30.3 Å². The molecule has 148 valence electrons. The summed E-state index contributed by atoms with van der Waals surface area (Å²) in [7, 11) is 0. The van der Waals surface area contributed by atoms with Crippen molar-refractivity contribution < 1.29 is 22.8 Å². The third-order valence-corrected chi connectivity index (χ3v) is 5.12. The van der Waals surface area contributed by atoms with Crippen molar-refractivity contribution in [2.24, 2.45) is 5.92 Å². The second kappa shape index (κ2) is 7.27. The highest BCUT2D eigenvalue weighted by molar-refractivity contribution is 7.20. The molecule has 3 aromatic rings. The molecule has 0 unspecified atom stereocenters. The van der Waals surface area contributed by atoms with Crippen molar-refractivity contribution in [2.75, 3.05) is 0 Å². The molecule has 0 bridgehead atoms. The lowest BCUT2D eigenvalue weighted by atomic mass is 10.2. The highest BCUT2D eigenvalue weighted by Crippen LogP contribution is 2.33. The third-order valence-electron chi connectivity index (χ3n) is 4.01. The monoisotopic (exact) mass is 410 g/mol. The van der Waals surface area contributed by atoms with Gasteiger partial charge in [-0.1, -0.05) is 19.9 Å². The number of thiophene rings is 1. The van der Waals surface area contributed by atoms with Gasteiger partial charge in [-0.05, 0) is 31.2 Å². The van der Waals surface area contributed by atoms with E-state index in [1.165, 1.54) is 16.8 Å². The molecule has 2 aromatic heterocycles. The molecule has 1 aromatic carbocycles. The van der Waals surface area contributed by atoms with E-state index in [-0.39, 0.29) is 17.5 Å². The van der Waals surface area contributed by atoms with E-state index in [0.29, 0.717) is 20.8 Å². The first-order chi connectivity index (χ1) is 13.1. The van der Waals surface area contributed by atoms with Crippen LogP contribution in [0.2, 0.25) is 0 Å². The number of alkyl halides is 3. The molecule has 0 spiro atoms. The van der Waals surface area contributed by atoms with Crippen LogP contribution < -0.4 is 10.9 Å². The molecular weight excluding hydrogens is 393 g/mol. The average Bonchev–Trinajstić information content (AvgIpc) is 3.19. The topological polar surface area (TPSA) is 76.0 Å². The smallest absolute Gasteiger partial charge is 0.273 e. The maximum Gasteiger partial charge on any atom is 0.416 e. The number of rotatable bonds is 3. The molecule has 0 saturated heterocycles. The van der Waals surface area contributed by atoms with Crippen LogP contribution in [0.4, 0.5) is 13.2 Å². The maximum atomic E-state index is 13.0. The fourth-order valence-electron chi connectivity index (χ4n) is 2.47. The lowest BCUT2D eigenvalue weighted by molar-refractivity contribution is -0.137. The lowest BCUT2D eigenvalue weighted by Gasteiger charge is -2.09. The molecule has 2 N–H and O–H groups in total. The minimum atomic E-state index is -4.47. The average molecular weight is 410 g/mol. The second-order valence-corrected chi connectivity index (χ2v) is 7.50. The third kappa shape index (κ3) is 3.86. The Bertz CT molecular complexity index is 1050. The van der Waals surface area contributed by atoms with Gasteiger partial charge in [-0.25, -0.2) is 4.68 Å². The number of nitrogens with zero attached hydrogens (tertiary/aromatic N) is 2. The lowest BCUT2D eigenvalue weighted by Crippen LogP contribution is -2.43. The summed E-state index contributed by atoms with van der Waals surface area (Å²) in [6.45, 7) is 5.09. The summed E-state index contributed by atoms with van der Waals surface area (Å²) in [5, 5.41) is 4.95. The number of halogens is 3. The highest BCUT2D eigenvalue weighted by Gasteiger charge is 2.31. The van der Waals surface area contributed by atoms with Crippen molar-refractivity contribution in [3.8, 4) is 5.69 Å². The predicted molar refractivity (Wildman–Crippen MR) is 99.1 cm³/mol. The number of hydrazine groups is 1. The largest absolute Gasteiger partial charge is 0.416 e. The molecule has 0 aliphatic heterocycles. The summed E-state index contributed by atoms with van der Waals surface area (Å²) in [4.78, 5) is 24.7. The summed E-state index contributed by atoms with van der Waals surface area (Å²) in [6.07, 6.45) is -4.47. The van der Waals surface area contributed by atoms with Crippen LogP contribution in [-0.2, 0) is 11.0 Å². The van der Waals surface area contributed by atoms with Crippen molar-refractivity contribution in [3.63, 3.8) is 0 Å². The number of benzene rings is 1. The van der Waals surface area contributed by atoms with Crippen LogP contribution in [0.25, 0.3) is 15.9 Å². The van der Waals surface area contributed by atoms with Crippen LogP contribution >= 0.6 is 11.3 Å². The quantitative estimate of drug-likeness (QED) is 0.645. The summed E-state index contributed by atoms with van der Waals surface area (Å²) < 4.78 is 40.4. The first-order valence-corrected chi connectivity index (χ1v) is 9.16. The van der Waals surface area contributed by atoms with E-state index in [9.17, 15) is 22.8 Å². The molecule has 0 aliphatic rings. The van der Waals surface area contributed by atoms with Crippen LogP contribution in [-0.4, -0.2) is 21.6 Å². The fraction of sp³-hybridized carbons (Fsp3) is 0.278. The van der Waals surface area contributed by atoms with Crippen LogP contribution in [0.1, 0.15) is 34.8 Å². The van der Waals surface area contributed by atoms with Gasteiger partial charge in [-0.3, -0.25) is 20.4 Å². The van der Waals surface area contributed by atoms with Gasteiger partial charge in [0.1, 0.15) is 4.83 Å². The van der Waals surface area contributed by atoms with Crippen molar-refractivity contribution in [3.05, 3.63) is 46.5 Å². The fourth-order valence-corrected chi connectivity index (χ4v) is 3.55. The Morgan fingerprint density at radius 2 is 1.89 bits per heavy atom. The number of hydrogen-bond donors (Lipinski definition) is 2. The molecule has 2 heterocycles. The number of aryl methyl sites for hydroxylation is 1. The first kappa shape index (κ1) is 19.9. The summed E-state index contributed by atoms with van der Waals surface area (Å²) >= 11 is 1.08. The normalized spacial score (nSPS) is 11.8. The number of aromatic nitrogens is 2. The number of fused-ring (bicyclic) bond motifs is 1. The first-order valence-electron chi connectivity index (χ1n) is 8.35. The number of carbonyl (C=O) groups is 2. The van der Waals surface area contributed by atoms with Crippen LogP contribution in [0.3, 0.4) is 0 Å². The molecule has 2 amide bonds. The molecular formula is C18H17F3N4O2S. The van der Waals surface area contributed by atoms with Crippen LogP contribution in [0.5, 0.6) is 0 Å². The van der Waals surface area contributed by atoms with Crippen molar-refractivity contribution >= 4 is 33.4 Å². The van der Waals surface area contributed by atoms with Gasteiger partial charge in [0, 0.05) is 11.3 Å². The minimum Gasteiger partial charge on any atom is -0.273 e. The molecule has 3 rings (SSSR count).